The number of hydrogen-bond acceptors (Lipinski definition) is 3. The van der Waals surface area contributed by atoms with Crippen molar-refractivity contribution >= 4 is 11.9 Å². The lowest BCUT2D eigenvalue weighted by Crippen LogP contribution is -2.31. The molecule has 2 rings (SSSR count). The van der Waals surface area contributed by atoms with Gasteiger partial charge in [-0.15, -0.1) is 0 Å². The first kappa shape index (κ1) is 18.7. The average Bonchev–Trinajstić information content (AvgIpc) is 3.08. The molecule has 2 atom stereocenters. The zero-order chi connectivity index (χ0) is 18.4. The van der Waals surface area contributed by atoms with E-state index in [0.717, 1.165) is 18.4 Å². The van der Waals surface area contributed by atoms with Gasteiger partial charge in [0.25, 0.3) is 0 Å². The molecule has 0 aliphatic rings. The van der Waals surface area contributed by atoms with Crippen LogP contribution in [0.4, 0.5) is 0 Å². The van der Waals surface area contributed by atoms with Gasteiger partial charge in [-0.05, 0) is 36.0 Å². The summed E-state index contributed by atoms with van der Waals surface area (Å²) >= 11 is 0. The van der Waals surface area contributed by atoms with Crippen LogP contribution < -0.4 is 5.32 Å². The van der Waals surface area contributed by atoms with Gasteiger partial charge < -0.3 is 10.4 Å². The molecule has 0 aliphatic carbocycles. The van der Waals surface area contributed by atoms with E-state index in [9.17, 15) is 9.59 Å². The molecule has 0 spiro atoms. The molecule has 2 N–H and O–H groups in total. The van der Waals surface area contributed by atoms with Crippen molar-refractivity contribution in [3.63, 3.8) is 0 Å². The molecule has 1 aromatic carbocycles. The Balaban J connectivity index is 2.00. The fraction of sp³-hybridized carbons (Fsp3) is 0.421. The fourth-order valence-electron chi connectivity index (χ4n) is 2.66. The predicted octanol–water partition coefficient (Wildman–Crippen LogP) is 3.36. The smallest absolute Gasteiger partial charge is 0.356 e. The summed E-state index contributed by atoms with van der Waals surface area (Å²) in [7, 11) is 0. The molecular weight excluding hydrogens is 318 g/mol. The molecule has 0 aliphatic heterocycles. The minimum absolute atomic E-state index is 0.00523. The third kappa shape index (κ3) is 4.92. The van der Waals surface area contributed by atoms with Gasteiger partial charge >= 0.3 is 5.97 Å². The van der Waals surface area contributed by atoms with E-state index in [0.29, 0.717) is 5.92 Å². The van der Waals surface area contributed by atoms with Gasteiger partial charge in [0, 0.05) is 6.20 Å². The maximum absolute atomic E-state index is 12.2. The largest absolute Gasteiger partial charge is 0.476 e. The van der Waals surface area contributed by atoms with Crippen LogP contribution in [0.15, 0.2) is 36.5 Å². The van der Waals surface area contributed by atoms with E-state index in [1.807, 2.05) is 6.92 Å². The summed E-state index contributed by atoms with van der Waals surface area (Å²) < 4.78 is 1.33. The van der Waals surface area contributed by atoms with Crippen molar-refractivity contribution in [2.24, 2.45) is 0 Å². The minimum atomic E-state index is -1.10. The van der Waals surface area contributed by atoms with Gasteiger partial charge in [0.2, 0.25) is 5.91 Å². The number of amides is 1. The Bertz CT molecular complexity index is 722. The highest BCUT2D eigenvalue weighted by Crippen LogP contribution is 2.22. The number of carboxylic acids is 1. The third-order valence-corrected chi connectivity index (χ3v) is 4.43. The van der Waals surface area contributed by atoms with Crippen LogP contribution in [0.2, 0.25) is 0 Å². The summed E-state index contributed by atoms with van der Waals surface area (Å²) in [5.41, 5.74) is 2.29. The predicted molar refractivity (Wildman–Crippen MR) is 95.5 cm³/mol. The first-order chi connectivity index (χ1) is 11.9. The van der Waals surface area contributed by atoms with Crippen molar-refractivity contribution in [3.05, 3.63) is 53.3 Å². The zero-order valence-electron chi connectivity index (χ0n) is 14.9. The van der Waals surface area contributed by atoms with Crippen LogP contribution >= 0.6 is 0 Å². The van der Waals surface area contributed by atoms with Gasteiger partial charge in [-0.25, -0.2) is 4.79 Å². The SMILES string of the molecule is CCC(C)c1ccc(C(CC)NC(=O)Cn2ccc(C(=O)O)n2)cc1. The lowest BCUT2D eigenvalue weighted by Gasteiger charge is -2.19. The molecule has 6 heteroatoms. The Labute approximate surface area is 147 Å². The number of carbonyl (C=O) groups excluding carboxylic acids is 1. The van der Waals surface area contributed by atoms with Crippen LogP contribution in [-0.2, 0) is 11.3 Å². The van der Waals surface area contributed by atoms with Crippen LogP contribution in [0.3, 0.4) is 0 Å². The Hall–Kier alpha value is -2.63. The van der Waals surface area contributed by atoms with E-state index in [1.165, 1.54) is 22.5 Å². The highest BCUT2D eigenvalue weighted by molar-refractivity contribution is 5.85. The second-order valence-electron chi connectivity index (χ2n) is 6.21. The summed E-state index contributed by atoms with van der Waals surface area (Å²) in [6.45, 7) is 6.38. The quantitative estimate of drug-likeness (QED) is 0.770. The lowest BCUT2D eigenvalue weighted by atomic mass is 9.95. The third-order valence-electron chi connectivity index (χ3n) is 4.43. The summed E-state index contributed by atoms with van der Waals surface area (Å²) in [6.07, 6.45) is 3.36. The molecule has 25 heavy (non-hydrogen) atoms. The van der Waals surface area contributed by atoms with Gasteiger partial charge in [-0.3, -0.25) is 9.48 Å². The molecule has 0 fully saturated rings. The van der Waals surface area contributed by atoms with Crippen LogP contribution in [0.1, 0.15) is 67.2 Å². The molecule has 0 radical (unpaired) electrons. The maximum Gasteiger partial charge on any atom is 0.356 e. The summed E-state index contributed by atoms with van der Waals surface area (Å²) in [5, 5.41) is 15.7. The highest BCUT2D eigenvalue weighted by atomic mass is 16.4. The topological polar surface area (TPSA) is 84.2 Å². The van der Waals surface area contributed by atoms with Gasteiger partial charge in [-0.1, -0.05) is 45.0 Å². The number of hydrogen-bond donors (Lipinski definition) is 2. The number of nitrogens with zero attached hydrogens (tertiary/aromatic N) is 2. The normalized spacial score (nSPS) is 13.2. The lowest BCUT2D eigenvalue weighted by molar-refractivity contribution is -0.122. The minimum Gasteiger partial charge on any atom is -0.476 e. The summed E-state index contributed by atoms with van der Waals surface area (Å²) in [6, 6.07) is 9.66. The van der Waals surface area contributed by atoms with Crippen molar-refractivity contribution in [2.45, 2.75) is 52.1 Å². The first-order valence-electron chi connectivity index (χ1n) is 8.60. The van der Waals surface area contributed by atoms with E-state index < -0.39 is 5.97 Å². The first-order valence-corrected chi connectivity index (χ1v) is 8.60. The Morgan fingerprint density at radius 1 is 1.12 bits per heavy atom. The molecule has 134 valence electrons. The maximum atomic E-state index is 12.2. The van der Waals surface area contributed by atoms with Gasteiger partial charge in [0.1, 0.15) is 6.54 Å². The molecule has 0 bridgehead atoms. The van der Waals surface area contributed by atoms with Crippen molar-refractivity contribution in [3.8, 4) is 0 Å². The van der Waals surface area contributed by atoms with E-state index in [1.54, 1.807) is 0 Å². The molecule has 1 aromatic heterocycles. The van der Waals surface area contributed by atoms with E-state index >= 15 is 0 Å². The Morgan fingerprint density at radius 3 is 2.28 bits per heavy atom. The van der Waals surface area contributed by atoms with E-state index in [-0.39, 0.29) is 24.2 Å². The van der Waals surface area contributed by atoms with Crippen LogP contribution in [0, 0.1) is 0 Å². The monoisotopic (exact) mass is 343 g/mol. The zero-order valence-corrected chi connectivity index (χ0v) is 14.9. The molecule has 2 aromatic rings. The Kier molecular flexibility index (Phi) is 6.33. The summed E-state index contributed by atoms with van der Waals surface area (Å²) in [4.78, 5) is 23.1. The molecule has 0 saturated heterocycles. The number of rotatable bonds is 8. The Morgan fingerprint density at radius 2 is 1.76 bits per heavy atom. The average molecular weight is 343 g/mol. The standard InChI is InChI=1S/C19H25N3O3/c1-4-13(3)14-6-8-15(9-7-14)16(5-2)20-18(23)12-22-11-10-17(21-22)19(24)25/h6-11,13,16H,4-5,12H2,1-3H3,(H,20,23)(H,24,25). The second-order valence-corrected chi connectivity index (χ2v) is 6.21. The number of aromatic nitrogens is 2. The van der Waals surface area contributed by atoms with Gasteiger partial charge in [-0.2, -0.15) is 5.10 Å². The van der Waals surface area contributed by atoms with Crippen LogP contribution in [-0.4, -0.2) is 26.8 Å². The van der Waals surface area contributed by atoms with Crippen LogP contribution in [0.25, 0.3) is 0 Å². The number of nitrogens with one attached hydrogen (secondary N) is 1. The molecule has 6 nitrogen and oxygen atoms in total. The van der Waals surface area contributed by atoms with Crippen molar-refractivity contribution < 1.29 is 14.7 Å². The molecule has 1 amide bonds. The van der Waals surface area contributed by atoms with Gasteiger partial charge in [0.15, 0.2) is 5.69 Å². The van der Waals surface area contributed by atoms with Crippen LogP contribution in [0.5, 0.6) is 0 Å². The number of carbonyl (C=O) groups is 2. The van der Waals surface area contributed by atoms with Crippen molar-refractivity contribution in [1.82, 2.24) is 15.1 Å². The fourth-order valence-corrected chi connectivity index (χ4v) is 2.66. The number of benzene rings is 1. The second kappa shape index (κ2) is 8.46. The molecule has 1 heterocycles. The van der Waals surface area contributed by atoms with Gasteiger partial charge in [0.05, 0.1) is 6.04 Å². The van der Waals surface area contributed by atoms with Crippen molar-refractivity contribution in [1.29, 1.82) is 0 Å². The van der Waals surface area contributed by atoms with E-state index in [4.69, 9.17) is 5.11 Å². The van der Waals surface area contributed by atoms with Crippen molar-refractivity contribution in [2.75, 3.05) is 0 Å². The molecule has 0 saturated carbocycles. The number of aromatic carboxylic acids is 1. The molecule has 2 unspecified atom stereocenters. The highest BCUT2D eigenvalue weighted by Gasteiger charge is 2.15. The number of carboxylic acid groups (broad SMARTS) is 1. The molecular formula is C19H25N3O3. The summed E-state index contributed by atoms with van der Waals surface area (Å²) in [5.74, 6) is -0.781. The van der Waals surface area contributed by atoms with E-state index in [2.05, 4.69) is 48.5 Å².